The minimum absolute atomic E-state index is 0.0398. The Balaban J connectivity index is 1.82. The smallest absolute Gasteiger partial charge is 0.223 e. The maximum Gasteiger partial charge on any atom is 0.223 e. The van der Waals surface area contributed by atoms with Gasteiger partial charge in [-0.05, 0) is 25.0 Å². The summed E-state index contributed by atoms with van der Waals surface area (Å²) in [6.07, 6.45) is 2.76. The number of hydrogen-bond donors (Lipinski definition) is 5. The van der Waals surface area contributed by atoms with Gasteiger partial charge in [0, 0.05) is 12.5 Å². The van der Waals surface area contributed by atoms with E-state index >= 15 is 0 Å². The lowest BCUT2D eigenvalue weighted by Gasteiger charge is -2.19. The Hall–Kier alpha value is -2.14. The summed E-state index contributed by atoms with van der Waals surface area (Å²) in [5.74, 6) is -0.750. The molecule has 146 valence electrons. The fraction of sp³-hybridized carbons (Fsp3) is 0.500. The average Bonchev–Trinajstić information content (AvgIpc) is 2.90. The predicted octanol–water partition coefficient (Wildman–Crippen LogP) is 1.49. The molecule has 0 bridgehead atoms. The first kappa shape index (κ1) is 19.6. The molecule has 1 heterocycles. The van der Waals surface area contributed by atoms with E-state index in [1.54, 1.807) is 6.08 Å². The van der Waals surface area contributed by atoms with Crippen LogP contribution in [0.4, 0.5) is 21.8 Å². The van der Waals surface area contributed by atoms with Gasteiger partial charge in [0.15, 0.2) is 16.7 Å². The molecule has 0 saturated heterocycles. The van der Waals surface area contributed by atoms with E-state index < -0.39 is 24.2 Å². The molecule has 6 N–H and O–H groups in total. The Kier molecular flexibility index (Phi) is 6.00. The van der Waals surface area contributed by atoms with Gasteiger partial charge in [-0.25, -0.2) is 4.39 Å². The molecule has 1 unspecified atom stereocenters. The predicted molar refractivity (Wildman–Crippen MR) is 97.3 cm³/mol. The Bertz CT molecular complexity index is 790. The molecule has 0 aromatic carbocycles. The van der Waals surface area contributed by atoms with Crippen LogP contribution in [0, 0.1) is 5.92 Å². The second kappa shape index (κ2) is 8.26. The molecule has 0 radical (unpaired) electrons. The average molecular weight is 399 g/mol. The second-order valence-electron chi connectivity index (χ2n) is 6.45. The van der Waals surface area contributed by atoms with Gasteiger partial charge in [-0.15, -0.1) is 5.11 Å². The van der Waals surface area contributed by atoms with Crippen LogP contribution in [0.2, 0.25) is 5.15 Å². The zero-order chi connectivity index (χ0) is 19.6. The standard InChI is InChI=1S/C16H20ClFN6O3/c17-14-11(24-23-9-3-1-8(18)2-4-9)15(22-16(19)21-14)20-10-5-7(6-25)12(26)13(10)27/h1-3,7,9-10,12-13,25-27H,4-6H2,(H3,19,20,21,22)/b24-23+/t7-,9?,10-,12-,13+/m1/s1. The first-order valence-corrected chi connectivity index (χ1v) is 8.78. The normalized spacial score (nSPS) is 30.7. The van der Waals surface area contributed by atoms with E-state index in [4.69, 9.17) is 17.3 Å². The fourth-order valence-electron chi connectivity index (χ4n) is 3.06. The molecule has 1 aromatic heterocycles. The van der Waals surface area contributed by atoms with Gasteiger partial charge >= 0.3 is 0 Å². The van der Waals surface area contributed by atoms with Crippen LogP contribution in [0.15, 0.2) is 34.3 Å². The van der Waals surface area contributed by atoms with E-state index in [1.807, 2.05) is 0 Å². The summed E-state index contributed by atoms with van der Waals surface area (Å²) in [4.78, 5) is 7.90. The molecular formula is C16H20ClFN6O3. The molecular weight excluding hydrogens is 379 g/mol. The summed E-state index contributed by atoms with van der Waals surface area (Å²) in [5, 5.41) is 40.5. The highest BCUT2D eigenvalue weighted by molar-refractivity contribution is 6.32. The lowest BCUT2D eigenvalue weighted by molar-refractivity contribution is 0.00446. The number of aromatic nitrogens is 2. The van der Waals surface area contributed by atoms with E-state index in [2.05, 4.69) is 25.5 Å². The third-order valence-electron chi connectivity index (χ3n) is 4.56. The van der Waals surface area contributed by atoms with Crippen LogP contribution < -0.4 is 11.1 Å². The number of aliphatic hydroxyl groups excluding tert-OH is 3. The maximum absolute atomic E-state index is 13.0. The third-order valence-corrected chi connectivity index (χ3v) is 4.82. The number of hydrogen-bond acceptors (Lipinski definition) is 9. The van der Waals surface area contributed by atoms with Crippen LogP contribution >= 0.6 is 11.6 Å². The van der Waals surface area contributed by atoms with Crippen molar-refractivity contribution in [1.82, 2.24) is 9.97 Å². The Labute approximate surface area is 159 Å². The molecule has 1 aromatic rings. The van der Waals surface area contributed by atoms with E-state index in [9.17, 15) is 19.7 Å². The molecule has 9 nitrogen and oxygen atoms in total. The number of nitrogens with one attached hydrogen (secondary N) is 1. The summed E-state index contributed by atoms with van der Waals surface area (Å²) < 4.78 is 13.0. The lowest BCUT2D eigenvalue weighted by atomic mass is 10.1. The SMILES string of the molecule is Nc1nc(Cl)c(/N=N/C2C=CC(F)=CC2)c(N[C@@H]2C[C@H](CO)[C@@H](O)[C@H]2O)n1. The highest BCUT2D eigenvalue weighted by atomic mass is 35.5. The number of nitrogen functional groups attached to an aromatic ring is 1. The Morgan fingerprint density at radius 3 is 2.74 bits per heavy atom. The Morgan fingerprint density at radius 1 is 1.33 bits per heavy atom. The van der Waals surface area contributed by atoms with Crippen molar-refractivity contribution in [3.63, 3.8) is 0 Å². The van der Waals surface area contributed by atoms with Gasteiger partial charge in [0.25, 0.3) is 0 Å². The molecule has 3 rings (SSSR count). The van der Waals surface area contributed by atoms with Crippen molar-refractivity contribution < 1.29 is 19.7 Å². The molecule has 2 aliphatic carbocycles. The van der Waals surface area contributed by atoms with E-state index in [1.165, 1.54) is 12.2 Å². The summed E-state index contributed by atoms with van der Waals surface area (Å²) in [6.45, 7) is -0.256. The minimum atomic E-state index is -1.11. The second-order valence-corrected chi connectivity index (χ2v) is 6.80. The van der Waals surface area contributed by atoms with E-state index in [0.29, 0.717) is 12.8 Å². The van der Waals surface area contributed by atoms with Gasteiger partial charge in [-0.2, -0.15) is 15.1 Å². The topological polar surface area (TPSA) is 149 Å². The van der Waals surface area contributed by atoms with Gasteiger partial charge in [-0.1, -0.05) is 17.7 Å². The van der Waals surface area contributed by atoms with Gasteiger partial charge in [0.05, 0.1) is 18.2 Å². The quantitative estimate of drug-likeness (QED) is 0.372. The molecule has 1 saturated carbocycles. The summed E-state index contributed by atoms with van der Waals surface area (Å²) >= 11 is 6.12. The van der Waals surface area contributed by atoms with Crippen LogP contribution in [0.3, 0.4) is 0 Å². The Morgan fingerprint density at radius 2 is 2.11 bits per heavy atom. The summed E-state index contributed by atoms with van der Waals surface area (Å²) in [7, 11) is 0. The zero-order valence-corrected chi connectivity index (χ0v) is 15.0. The number of allylic oxidation sites excluding steroid dienone is 2. The summed E-state index contributed by atoms with van der Waals surface area (Å²) in [6, 6.07) is -0.952. The minimum Gasteiger partial charge on any atom is -0.396 e. The van der Waals surface area contributed by atoms with Crippen LogP contribution in [0.25, 0.3) is 0 Å². The number of nitrogens with zero attached hydrogens (tertiary/aromatic N) is 4. The molecule has 11 heteroatoms. The van der Waals surface area contributed by atoms with Crippen LogP contribution in [0.1, 0.15) is 12.8 Å². The van der Waals surface area contributed by atoms with Gasteiger partial charge in [0.1, 0.15) is 11.9 Å². The van der Waals surface area contributed by atoms with Gasteiger partial charge < -0.3 is 26.4 Å². The number of nitrogens with two attached hydrogens (primary N) is 1. The zero-order valence-electron chi connectivity index (χ0n) is 14.2. The molecule has 0 spiro atoms. The number of halogens is 2. The lowest BCUT2D eigenvalue weighted by Crippen LogP contribution is -2.35. The number of anilines is 2. The number of rotatable bonds is 5. The van der Waals surface area contributed by atoms with Crippen LogP contribution in [0.5, 0.6) is 0 Å². The first-order valence-electron chi connectivity index (χ1n) is 8.40. The molecule has 2 aliphatic rings. The highest BCUT2D eigenvalue weighted by Gasteiger charge is 2.41. The van der Waals surface area contributed by atoms with Gasteiger partial charge in [0.2, 0.25) is 5.95 Å². The number of aliphatic hydroxyl groups is 3. The third kappa shape index (κ3) is 4.41. The van der Waals surface area contributed by atoms with Crippen molar-refractivity contribution in [3.8, 4) is 0 Å². The van der Waals surface area contributed by atoms with Crippen LogP contribution in [-0.2, 0) is 0 Å². The molecule has 0 aliphatic heterocycles. The van der Waals surface area contributed by atoms with Gasteiger partial charge in [-0.3, -0.25) is 0 Å². The van der Waals surface area contributed by atoms with Crippen molar-refractivity contribution in [2.24, 2.45) is 16.1 Å². The summed E-state index contributed by atoms with van der Waals surface area (Å²) in [5.41, 5.74) is 5.76. The molecule has 0 amide bonds. The number of azo groups is 1. The van der Waals surface area contributed by atoms with Crippen molar-refractivity contribution >= 4 is 29.1 Å². The van der Waals surface area contributed by atoms with Crippen molar-refractivity contribution in [2.75, 3.05) is 17.7 Å². The van der Waals surface area contributed by atoms with Crippen molar-refractivity contribution in [2.45, 2.75) is 37.1 Å². The van der Waals surface area contributed by atoms with Crippen LogP contribution in [-0.4, -0.2) is 56.2 Å². The van der Waals surface area contributed by atoms with Crippen molar-refractivity contribution in [1.29, 1.82) is 0 Å². The highest BCUT2D eigenvalue weighted by Crippen LogP contribution is 2.35. The fourth-order valence-corrected chi connectivity index (χ4v) is 3.27. The van der Waals surface area contributed by atoms with Crippen molar-refractivity contribution in [3.05, 3.63) is 29.2 Å². The molecule has 5 atom stereocenters. The molecule has 1 fully saturated rings. The molecule has 27 heavy (non-hydrogen) atoms. The maximum atomic E-state index is 13.0. The largest absolute Gasteiger partial charge is 0.396 e. The van der Waals surface area contributed by atoms with E-state index in [0.717, 1.165) is 0 Å². The first-order chi connectivity index (χ1) is 12.9. The van der Waals surface area contributed by atoms with E-state index in [-0.39, 0.29) is 41.1 Å². The monoisotopic (exact) mass is 398 g/mol.